The summed E-state index contributed by atoms with van der Waals surface area (Å²) in [4.78, 5) is 0. The molecular formula is C25H16O2. The lowest BCUT2D eigenvalue weighted by atomic mass is 10.0. The van der Waals surface area contributed by atoms with E-state index in [4.69, 9.17) is 8.83 Å². The highest BCUT2D eigenvalue weighted by atomic mass is 16.3. The Morgan fingerprint density at radius 3 is 2.04 bits per heavy atom. The highest BCUT2D eigenvalue weighted by Gasteiger charge is 2.12. The minimum atomic E-state index is 0.826. The van der Waals surface area contributed by atoms with Crippen molar-refractivity contribution in [1.82, 2.24) is 0 Å². The fourth-order valence-corrected chi connectivity index (χ4v) is 4.05. The molecule has 2 heterocycles. The van der Waals surface area contributed by atoms with Crippen molar-refractivity contribution < 1.29 is 8.83 Å². The molecule has 6 aromatic rings. The van der Waals surface area contributed by atoms with Gasteiger partial charge in [0.2, 0.25) is 0 Å². The lowest BCUT2D eigenvalue weighted by molar-refractivity contribution is 0.664. The van der Waals surface area contributed by atoms with Crippen LogP contribution in [0.2, 0.25) is 0 Å². The summed E-state index contributed by atoms with van der Waals surface area (Å²) in [5.41, 5.74) is 6.25. The van der Waals surface area contributed by atoms with E-state index >= 15 is 0 Å². The van der Waals surface area contributed by atoms with Crippen molar-refractivity contribution in [3.8, 4) is 0 Å². The second-order valence-electron chi connectivity index (χ2n) is 7.00. The predicted octanol–water partition coefficient (Wildman–Crippen LogP) is 7.08. The van der Waals surface area contributed by atoms with Gasteiger partial charge in [0.05, 0.1) is 0 Å². The van der Waals surface area contributed by atoms with Gasteiger partial charge in [-0.15, -0.1) is 0 Å². The molecule has 128 valence electrons. The van der Waals surface area contributed by atoms with E-state index in [1.165, 1.54) is 27.3 Å². The lowest BCUT2D eigenvalue weighted by Crippen LogP contribution is -1.88. The molecular weight excluding hydrogens is 332 g/mol. The zero-order chi connectivity index (χ0) is 17.8. The molecule has 0 spiro atoms. The predicted molar refractivity (Wildman–Crippen MR) is 110 cm³/mol. The van der Waals surface area contributed by atoms with Gasteiger partial charge in [0.25, 0.3) is 0 Å². The van der Waals surface area contributed by atoms with E-state index in [-0.39, 0.29) is 0 Å². The van der Waals surface area contributed by atoms with E-state index in [1.807, 2.05) is 24.3 Å². The highest BCUT2D eigenvalue weighted by Crippen LogP contribution is 2.33. The van der Waals surface area contributed by atoms with Crippen molar-refractivity contribution in [2.75, 3.05) is 0 Å². The summed E-state index contributed by atoms with van der Waals surface area (Å²) in [5.74, 6) is 0. The Morgan fingerprint density at radius 1 is 0.519 bits per heavy atom. The van der Waals surface area contributed by atoms with Gasteiger partial charge in [-0.25, -0.2) is 0 Å². The van der Waals surface area contributed by atoms with Gasteiger partial charge in [-0.1, -0.05) is 60.7 Å². The first kappa shape index (κ1) is 14.6. The van der Waals surface area contributed by atoms with Crippen LogP contribution in [0.5, 0.6) is 0 Å². The van der Waals surface area contributed by atoms with Gasteiger partial charge in [0.1, 0.15) is 22.3 Å². The van der Waals surface area contributed by atoms with Crippen LogP contribution in [-0.2, 0) is 6.42 Å². The Balaban J connectivity index is 1.51. The average Bonchev–Trinajstić information content (AvgIpc) is 3.27. The summed E-state index contributed by atoms with van der Waals surface area (Å²) in [6, 6.07) is 29.3. The van der Waals surface area contributed by atoms with E-state index < -0.39 is 0 Å². The van der Waals surface area contributed by atoms with Crippen molar-refractivity contribution in [1.29, 1.82) is 0 Å². The SMILES string of the molecule is c1ccc2c(c1)oc1ccc(Cc3cccc4c3oc3ccccc34)cc12. The van der Waals surface area contributed by atoms with Crippen LogP contribution in [0.25, 0.3) is 43.9 Å². The summed E-state index contributed by atoms with van der Waals surface area (Å²) in [6.45, 7) is 0. The van der Waals surface area contributed by atoms with Crippen LogP contribution in [0, 0.1) is 0 Å². The van der Waals surface area contributed by atoms with Gasteiger partial charge in [0, 0.05) is 28.0 Å². The maximum Gasteiger partial charge on any atom is 0.138 e. The number of rotatable bonds is 2. The first-order valence-corrected chi connectivity index (χ1v) is 9.16. The molecule has 27 heavy (non-hydrogen) atoms. The zero-order valence-corrected chi connectivity index (χ0v) is 14.6. The molecule has 0 saturated carbocycles. The largest absolute Gasteiger partial charge is 0.456 e. The summed E-state index contributed by atoms with van der Waals surface area (Å²) in [6.07, 6.45) is 0.826. The van der Waals surface area contributed by atoms with E-state index in [1.54, 1.807) is 0 Å². The third-order valence-corrected chi connectivity index (χ3v) is 5.32. The second kappa shape index (κ2) is 5.49. The summed E-state index contributed by atoms with van der Waals surface area (Å²) < 4.78 is 12.1. The fraction of sp³-hybridized carbons (Fsp3) is 0.0400. The van der Waals surface area contributed by atoms with Crippen molar-refractivity contribution in [2.24, 2.45) is 0 Å². The molecule has 6 rings (SSSR count). The summed E-state index contributed by atoms with van der Waals surface area (Å²) >= 11 is 0. The molecule has 0 N–H and O–H groups in total. The van der Waals surface area contributed by atoms with Crippen molar-refractivity contribution in [3.05, 3.63) is 96.1 Å². The molecule has 2 heteroatoms. The monoisotopic (exact) mass is 348 g/mol. The fourth-order valence-electron chi connectivity index (χ4n) is 4.05. The smallest absolute Gasteiger partial charge is 0.138 e. The number of fused-ring (bicyclic) bond motifs is 6. The average molecular weight is 348 g/mol. The molecule has 0 aliphatic heterocycles. The number of furan rings is 2. The zero-order valence-electron chi connectivity index (χ0n) is 14.6. The number of hydrogen-bond donors (Lipinski definition) is 0. The Labute approximate surface area is 155 Å². The molecule has 0 radical (unpaired) electrons. The normalized spacial score (nSPS) is 11.9. The van der Waals surface area contributed by atoms with Gasteiger partial charge < -0.3 is 8.83 Å². The van der Waals surface area contributed by atoms with Crippen LogP contribution in [0.1, 0.15) is 11.1 Å². The molecule has 0 fully saturated rings. The number of benzene rings is 4. The van der Waals surface area contributed by atoms with E-state index in [9.17, 15) is 0 Å². The van der Waals surface area contributed by atoms with Crippen molar-refractivity contribution in [2.45, 2.75) is 6.42 Å². The molecule has 0 saturated heterocycles. The minimum absolute atomic E-state index is 0.826. The quantitative estimate of drug-likeness (QED) is 0.334. The summed E-state index contributed by atoms with van der Waals surface area (Å²) in [7, 11) is 0. The summed E-state index contributed by atoms with van der Waals surface area (Å²) in [5, 5.41) is 4.68. The minimum Gasteiger partial charge on any atom is -0.456 e. The van der Waals surface area contributed by atoms with Crippen LogP contribution in [0.15, 0.2) is 93.8 Å². The standard InChI is InChI=1S/C25H16O2/c1-4-11-23-18(7-1)20-9-5-6-17(25(20)27-23)14-16-12-13-24-21(15-16)19-8-2-3-10-22(19)26-24/h1-13,15H,14H2. The van der Waals surface area contributed by atoms with E-state index in [2.05, 4.69) is 60.7 Å². The number of para-hydroxylation sites is 3. The van der Waals surface area contributed by atoms with Crippen molar-refractivity contribution in [3.63, 3.8) is 0 Å². The molecule has 0 amide bonds. The Morgan fingerprint density at radius 2 is 1.19 bits per heavy atom. The second-order valence-corrected chi connectivity index (χ2v) is 7.00. The molecule has 0 aliphatic carbocycles. The van der Waals surface area contributed by atoms with Crippen molar-refractivity contribution >= 4 is 43.9 Å². The van der Waals surface area contributed by atoms with E-state index in [0.717, 1.165) is 34.1 Å². The molecule has 2 aromatic heterocycles. The van der Waals surface area contributed by atoms with Gasteiger partial charge >= 0.3 is 0 Å². The van der Waals surface area contributed by atoms with Gasteiger partial charge in [-0.2, -0.15) is 0 Å². The van der Waals surface area contributed by atoms with Gasteiger partial charge in [-0.05, 0) is 35.4 Å². The van der Waals surface area contributed by atoms with Gasteiger partial charge in [-0.3, -0.25) is 0 Å². The third kappa shape index (κ3) is 2.20. The molecule has 2 nitrogen and oxygen atoms in total. The molecule has 4 aromatic carbocycles. The number of hydrogen-bond acceptors (Lipinski definition) is 2. The third-order valence-electron chi connectivity index (χ3n) is 5.32. The first-order chi connectivity index (χ1) is 13.4. The van der Waals surface area contributed by atoms with Crippen LogP contribution in [-0.4, -0.2) is 0 Å². The Hall–Kier alpha value is -3.52. The Bertz CT molecular complexity index is 1450. The van der Waals surface area contributed by atoms with Crippen LogP contribution < -0.4 is 0 Å². The molecule has 0 atom stereocenters. The Kier molecular flexibility index (Phi) is 2.97. The highest BCUT2D eigenvalue weighted by molar-refractivity contribution is 6.06. The van der Waals surface area contributed by atoms with E-state index in [0.29, 0.717) is 0 Å². The van der Waals surface area contributed by atoms with Crippen LogP contribution in [0.4, 0.5) is 0 Å². The van der Waals surface area contributed by atoms with Gasteiger partial charge in [0.15, 0.2) is 0 Å². The van der Waals surface area contributed by atoms with Crippen LogP contribution >= 0.6 is 0 Å². The maximum absolute atomic E-state index is 6.18. The van der Waals surface area contributed by atoms with Crippen LogP contribution in [0.3, 0.4) is 0 Å². The maximum atomic E-state index is 6.18. The topological polar surface area (TPSA) is 26.3 Å². The molecule has 0 bridgehead atoms. The first-order valence-electron chi connectivity index (χ1n) is 9.16. The lowest BCUT2D eigenvalue weighted by Gasteiger charge is -2.03. The molecule has 0 aliphatic rings. The molecule has 0 unspecified atom stereocenters.